The monoisotopic (exact) mass is 394 g/mol. The van der Waals surface area contributed by atoms with E-state index in [0.29, 0.717) is 25.2 Å². The Kier molecular flexibility index (Phi) is 6.76. The lowest BCUT2D eigenvalue weighted by atomic mass is 10.0. The third-order valence-electron chi connectivity index (χ3n) is 5.66. The van der Waals surface area contributed by atoms with Crippen LogP contribution in [0.25, 0.3) is 0 Å². The third-order valence-corrected chi connectivity index (χ3v) is 7.58. The first kappa shape index (κ1) is 20.1. The summed E-state index contributed by atoms with van der Waals surface area (Å²) in [6, 6.07) is 4.63. The van der Waals surface area contributed by atoms with Gasteiger partial charge in [-0.3, -0.25) is 4.79 Å². The van der Waals surface area contributed by atoms with E-state index in [4.69, 9.17) is 4.74 Å². The summed E-state index contributed by atoms with van der Waals surface area (Å²) in [5.41, 5.74) is 0.356. The zero-order valence-corrected chi connectivity index (χ0v) is 16.9. The van der Waals surface area contributed by atoms with Gasteiger partial charge < -0.3 is 10.1 Å². The summed E-state index contributed by atoms with van der Waals surface area (Å²) in [6.07, 6.45) is 9.12. The van der Waals surface area contributed by atoms with Crippen LogP contribution >= 0.6 is 0 Å². The van der Waals surface area contributed by atoms with Gasteiger partial charge in [0, 0.05) is 25.2 Å². The molecule has 0 atom stereocenters. The highest BCUT2D eigenvalue weighted by atomic mass is 32.2. The van der Waals surface area contributed by atoms with Crippen LogP contribution in [0.4, 0.5) is 0 Å². The second-order valence-electron chi connectivity index (χ2n) is 7.53. The number of hydrogen-bond donors (Lipinski definition) is 1. The molecule has 7 heteroatoms. The van der Waals surface area contributed by atoms with Gasteiger partial charge >= 0.3 is 0 Å². The van der Waals surface area contributed by atoms with Gasteiger partial charge in [-0.25, -0.2) is 8.42 Å². The molecule has 0 bridgehead atoms. The summed E-state index contributed by atoms with van der Waals surface area (Å²) in [5.74, 6) is 0.849. The second kappa shape index (κ2) is 9.06. The van der Waals surface area contributed by atoms with E-state index in [2.05, 4.69) is 5.32 Å². The molecular weight excluding hydrogens is 364 g/mol. The first-order valence-corrected chi connectivity index (χ1v) is 11.4. The highest BCUT2D eigenvalue weighted by molar-refractivity contribution is 7.89. The van der Waals surface area contributed by atoms with Crippen LogP contribution in [0.2, 0.25) is 0 Å². The van der Waals surface area contributed by atoms with E-state index in [1.165, 1.54) is 43.2 Å². The number of methoxy groups -OCH3 is 1. The molecule has 2 aliphatic rings. The normalized spacial score (nSPS) is 18.7. The lowest BCUT2D eigenvalue weighted by molar-refractivity contribution is 0.0952. The number of sulfonamides is 1. The highest BCUT2D eigenvalue weighted by Gasteiger charge is 2.30. The fraction of sp³-hybridized carbons (Fsp3) is 0.650. The molecule has 6 nitrogen and oxygen atoms in total. The Morgan fingerprint density at radius 2 is 1.89 bits per heavy atom. The maximum Gasteiger partial charge on any atom is 0.251 e. The predicted octanol–water partition coefficient (Wildman–Crippen LogP) is 3.18. The van der Waals surface area contributed by atoms with Gasteiger partial charge in [-0.15, -0.1) is 0 Å². The van der Waals surface area contributed by atoms with Crippen molar-refractivity contribution in [3.8, 4) is 5.75 Å². The molecule has 2 fully saturated rings. The molecule has 0 aromatic heterocycles. The Bertz CT molecular complexity index is 751. The Morgan fingerprint density at radius 1 is 1.19 bits per heavy atom. The van der Waals surface area contributed by atoms with Crippen LogP contribution < -0.4 is 10.1 Å². The number of nitrogens with one attached hydrogen (secondary N) is 1. The van der Waals surface area contributed by atoms with E-state index >= 15 is 0 Å². The van der Waals surface area contributed by atoms with E-state index in [-0.39, 0.29) is 16.6 Å². The molecule has 1 aromatic carbocycles. The molecule has 150 valence electrons. The fourth-order valence-electron chi connectivity index (χ4n) is 4.08. The van der Waals surface area contributed by atoms with Crippen LogP contribution in [0.3, 0.4) is 0 Å². The molecule has 1 N–H and O–H groups in total. The molecule has 1 aromatic rings. The largest absolute Gasteiger partial charge is 0.495 e. The minimum atomic E-state index is -3.65. The van der Waals surface area contributed by atoms with Crippen LogP contribution in [0.1, 0.15) is 61.7 Å². The Balaban J connectivity index is 1.65. The lowest BCUT2D eigenvalue weighted by Crippen LogP contribution is -2.29. The van der Waals surface area contributed by atoms with Gasteiger partial charge in [-0.1, -0.05) is 25.7 Å². The van der Waals surface area contributed by atoms with E-state index < -0.39 is 10.0 Å². The van der Waals surface area contributed by atoms with Crippen LogP contribution in [0.15, 0.2) is 23.1 Å². The summed E-state index contributed by atoms with van der Waals surface area (Å²) in [7, 11) is -2.20. The number of amides is 1. The molecule has 1 saturated heterocycles. The van der Waals surface area contributed by atoms with Gasteiger partial charge in [0.25, 0.3) is 5.91 Å². The van der Waals surface area contributed by atoms with Gasteiger partial charge in [-0.05, 0) is 49.8 Å². The number of rotatable bonds is 8. The Labute approximate surface area is 162 Å². The van der Waals surface area contributed by atoms with Crippen molar-refractivity contribution >= 4 is 15.9 Å². The number of benzene rings is 1. The molecule has 0 unspecified atom stereocenters. The van der Waals surface area contributed by atoms with Crippen molar-refractivity contribution in [2.24, 2.45) is 5.92 Å². The average Bonchev–Trinajstić information content (AvgIpc) is 3.38. The van der Waals surface area contributed by atoms with Crippen molar-refractivity contribution in [1.82, 2.24) is 9.62 Å². The van der Waals surface area contributed by atoms with Crippen molar-refractivity contribution in [2.75, 3.05) is 26.7 Å². The van der Waals surface area contributed by atoms with E-state index in [1.807, 2.05) is 0 Å². The molecule has 1 aliphatic carbocycles. The molecule has 1 heterocycles. The van der Waals surface area contributed by atoms with Crippen LogP contribution in [-0.2, 0) is 10.0 Å². The third kappa shape index (κ3) is 4.82. The maximum atomic E-state index is 12.9. The van der Waals surface area contributed by atoms with E-state index in [9.17, 15) is 13.2 Å². The first-order chi connectivity index (χ1) is 13.0. The van der Waals surface area contributed by atoms with Gasteiger partial charge in [-0.2, -0.15) is 4.31 Å². The SMILES string of the molecule is COc1ccc(C(=O)NCCCC2CCCC2)cc1S(=O)(=O)N1CCCC1. The van der Waals surface area contributed by atoms with Crippen molar-refractivity contribution in [3.63, 3.8) is 0 Å². The predicted molar refractivity (Wildman–Crippen MR) is 105 cm³/mol. The van der Waals surface area contributed by atoms with Crippen LogP contribution in [0, 0.1) is 5.92 Å². The van der Waals surface area contributed by atoms with Gasteiger partial charge in [0.05, 0.1) is 7.11 Å². The second-order valence-corrected chi connectivity index (χ2v) is 9.43. The van der Waals surface area contributed by atoms with Gasteiger partial charge in [0.1, 0.15) is 10.6 Å². The van der Waals surface area contributed by atoms with Crippen LogP contribution in [0.5, 0.6) is 5.75 Å². The molecule has 1 amide bonds. The van der Waals surface area contributed by atoms with Crippen molar-refractivity contribution in [2.45, 2.75) is 56.3 Å². The molecule has 3 rings (SSSR count). The maximum absolute atomic E-state index is 12.9. The zero-order valence-electron chi connectivity index (χ0n) is 16.1. The minimum Gasteiger partial charge on any atom is -0.495 e. The quantitative estimate of drug-likeness (QED) is 0.687. The summed E-state index contributed by atoms with van der Waals surface area (Å²) in [6.45, 7) is 1.65. The summed E-state index contributed by atoms with van der Waals surface area (Å²) in [4.78, 5) is 12.6. The number of ether oxygens (including phenoxy) is 1. The topological polar surface area (TPSA) is 75.7 Å². The molecule has 1 saturated carbocycles. The van der Waals surface area contributed by atoms with E-state index in [0.717, 1.165) is 31.6 Å². The molecule has 27 heavy (non-hydrogen) atoms. The summed E-state index contributed by atoms with van der Waals surface area (Å²) >= 11 is 0. The fourth-order valence-corrected chi connectivity index (χ4v) is 5.78. The smallest absolute Gasteiger partial charge is 0.251 e. The summed E-state index contributed by atoms with van der Waals surface area (Å²) < 4.78 is 32.5. The lowest BCUT2D eigenvalue weighted by Gasteiger charge is -2.18. The molecule has 0 radical (unpaired) electrons. The van der Waals surface area contributed by atoms with Crippen molar-refractivity contribution in [1.29, 1.82) is 0 Å². The van der Waals surface area contributed by atoms with Gasteiger partial charge in [0.2, 0.25) is 10.0 Å². The van der Waals surface area contributed by atoms with Gasteiger partial charge in [0.15, 0.2) is 0 Å². The average molecular weight is 395 g/mol. The molecule has 1 aliphatic heterocycles. The summed E-state index contributed by atoms with van der Waals surface area (Å²) in [5, 5.41) is 2.92. The highest BCUT2D eigenvalue weighted by Crippen LogP contribution is 2.30. The number of nitrogens with zero attached hydrogens (tertiary/aromatic N) is 1. The van der Waals surface area contributed by atoms with Crippen LogP contribution in [-0.4, -0.2) is 45.4 Å². The Morgan fingerprint density at radius 3 is 2.56 bits per heavy atom. The number of carbonyl (C=O) groups is 1. The zero-order chi connectivity index (χ0) is 19.3. The first-order valence-electron chi connectivity index (χ1n) is 9.99. The van der Waals surface area contributed by atoms with Crippen molar-refractivity contribution < 1.29 is 17.9 Å². The standard InChI is InChI=1S/C20H30N2O4S/c1-26-18-11-10-17(15-19(18)27(24,25)22-13-4-5-14-22)20(23)21-12-6-9-16-7-2-3-8-16/h10-11,15-16H,2-9,12-14H2,1H3,(H,21,23). The van der Waals surface area contributed by atoms with Crippen molar-refractivity contribution in [3.05, 3.63) is 23.8 Å². The minimum absolute atomic E-state index is 0.0745. The molecular formula is C20H30N2O4S. The molecule has 0 spiro atoms. The number of carbonyl (C=O) groups excluding carboxylic acids is 1. The van der Waals surface area contributed by atoms with E-state index in [1.54, 1.807) is 12.1 Å². The number of hydrogen-bond acceptors (Lipinski definition) is 4. The Hall–Kier alpha value is -1.60.